The van der Waals surface area contributed by atoms with Crippen LogP contribution >= 0.6 is 0 Å². The van der Waals surface area contributed by atoms with E-state index in [1.54, 1.807) is 13.8 Å². The zero-order valence-corrected chi connectivity index (χ0v) is 9.40. The molecule has 0 saturated heterocycles. The zero-order valence-electron chi connectivity index (χ0n) is 9.40. The summed E-state index contributed by atoms with van der Waals surface area (Å²) in [6.07, 6.45) is 1.95. The van der Waals surface area contributed by atoms with Gasteiger partial charge in [-0.25, -0.2) is 4.79 Å². The monoisotopic (exact) mass is 225 g/mol. The Balaban J connectivity index is 2.15. The molecule has 1 aromatic heterocycles. The van der Waals surface area contributed by atoms with Crippen molar-refractivity contribution in [3.8, 4) is 0 Å². The van der Waals surface area contributed by atoms with Crippen LogP contribution in [-0.4, -0.2) is 22.8 Å². The van der Waals surface area contributed by atoms with E-state index in [1.165, 1.54) is 6.07 Å². The highest BCUT2D eigenvalue weighted by Gasteiger charge is 2.44. The molecule has 1 atom stereocenters. The molecule has 0 spiro atoms. The van der Waals surface area contributed by atoms with Crippen LogP contribution < -0.4 is 0 Å². The van der Waals surface area contributed by atoms with E-state index in [1.807, 2.05) is 0 Å². The number of carbonyl (C=O) groups is 1. The molecule has 5 heteroatoms. The van der Waals surface area contributed by atoms with E-state index >= 15 is 0 Å². The highest BCUT2D eigenvalue weighted by molar-refractivity contribution is 5.87. The van der Waals surface area contributed by atoms with E-state index in [4.69, 9.17) is 9.26 Å². The number of aliphatic hydroxyl groups is 1. The van der Waals surface area contributed by atoms with Crippen LogP contribution in [0.25, 0.3) is 0 Å². The summed E-state index contributed by atoms with van der Waals surface area (Å²) in [7, 11) is 0. The number of rotatable bonds is 4. The van der Waals surface area contributed by atoms with Gasteiger partial charge in [-0.3, -0.25) is 0 Å². The molecule has 1 N–H and O–H groups in total. The Kier molecular flexibility index (Phi) is 2.71. The lowest BCUT2D eigenvalue weighted by molar-refractivity contribution is 0.00587. The number of hydrogen-bond donors (Lipinski definition) is 1. The second kappa shape index (κ2) is 3.90. The first-order chi connectivity index (χ1) is 7.55. The maximum absolute atomic E-state index is 11.3. The highest BCUT2D eigenvalue weighted by atomic mass is 16.5. The van der Waals surface area contributed by atoms with Crippen molar-refractivity contribution in [1.82, 2.24) is 5.16 Å². The molecule has 1 aromatic rings. The van der Waals surface area contributed by atoms with Gasteiger partial charge in [0.2, 0.25) is 0 Å². The van der Waals surface area contributed by atoms with Gasteiger partial charge < -0.3 is 14.4 Å². The van der Waals surface area contributed by atoms with Crippen molar-refractivity contribution in [1.29, 1.82) is 0 Å². The zero-order chi connectivity index (χ0) is 11.8. The highest BCUT2D eigenvalue weighted by Crippen LogP contribution is 2.45. The Bertz CT molecular complexity index is 392. The van der Waals surface area contributed by atoms with Gasteiger partial charge in [0.05, 0.1) is 6.61 Å². The molecule has 0 radical (unpaired) electrons. The van der Waals surface area contributed by atoms with Crippen molar-refractivity contribution in [3.63, 3.8) is 0 Å². The third kappa shape index (κ3) is 1.95. The molecule has 0 aromatic carbocycles. The van der Waals surface area contributed by atoms with E-state index in [0.29, 0.717) is 12.4 Å². The fourth-order valence-electron chi connectivity index (χ4n) is 1.66. The van der Waals surface area contributed by atoms with Crippen molar-refractivity contribution in [2.45, 2.75) is 32.3 Å². The molecule has 1 aliphatic rings. The summed E-state index contributed by atoms with van der Waals surface area (Å²) in [5.41, 5.74) is -0.921. The van der Waals surface area contributed by atoms with Crippen LogP contribution in [0.15, 0.2) is 10.6 Å². The van der Waals surface area contributed by atoms with Crippen LogP contribution in [0.2, 0.25) is 0 Å². The van der Waals surface area contributed by atoms with Crippen LogP contribution in [0, 0.1) is 5.92 Å². The average molecular weight is 225 g/mol. The number of hydrogen-bond acceptors (Lipinski definition) is 5. The Morgan fingerprint density at radius 3 is 3.00 bits per heavy atom. The summed E-state index contributed by atoms with van der Waals surface area (Å²) < 4.78 is 9.78. The summed E-state index contributed by atoms with van der Waals surface area (Å²) >= 11 is 0. The molecule has 1 fully saturated rings. The SMILES string of the molecule is CCOC(=O)c1cc([C@](C)(O)C2CC2)on1. The minimum atomic E-state index is -1.03. The summed E-state index contributed by atoms with van der Waals surface area (Å²) in [5, 5.41) is 13.8. The van der Waals surface area contributed by atoms with E-state index in [0.717, 1.165) is 12.8 Å². The van der Waals surface area contributed by atoms with E-state index in [-0.39, 0.29) is 11.6 Å². The van der Waals surface area contributed by atoms with Gasteiger partial charge >= 0.3 is 5.97 Å². The van der Waals surface area contributed by atoms with Crippen LogP contribution in [-0.2, 0) is 10.3 Å². The molecule has 0 bridgehead atoms. The lowest BCUT2D eigenvalue weighted by Gasteiger charge is -2.18. The fraction of sp³-hybridized carbons (Fsp3) is 0.636. The lowest BCUT2D eigenvalue weighted by atomic mass is 9.97. The summed E-state index contributed by atoms with van der Waals surface area (Å²) in [5.74, 6) is 0.0117. The Labute approximate surface area is 93.4 Å². The summed E-state index contributed by atoms with van der Waals surface area (Å²) in [6, 6.07) is 1.45. The van der Waals surface area contributed by atoms with Gasteiger partial charge in [0.25, 0.3) is 0 Å². The molecule has 5 nitrogen and oxygen atoms in total. The normalized spacial score (nSPS) is 19.2. The first-order valence-electron chi connectivity index (χ1n) is 5.42. The van der Waals surface area contributed by atoms with Crippen molar-refractivity contribution in [2.75, 3.05) is 6.61 Å². The number of aromatic nitrogens is 1. The second-order valence-electron chi connectivity index (χ2n) is 4.22. The van der Waals surface area contributed by atoms with Crippen LogP contribution in [0.3, 0.4) is 0 Å². The van der Waals surface area contributed by atoms with Gasteiger partial charge in [0.1, 0.15) is 5.60 Å². The quantitative estimate of drug-likeness (QED) is 0.785. The molecule has 16 heavy (non-hydrogen) atoms. The van der Waals surface area contributed by atoms with Crippen molar-refractivity contribution in [2.24, 2.45) is 5.92 Å². The number of esters is 1. The fourth-order valence-corrected chi connectivity index (χ4v) is 1.66. The minimum absolute atomic E-state index is 0.109. The van der Waals surface area contributed by atoms with Gasteiger partial charge in [-0.15, -0.1) is 0 Å². The first kappa shape index (κ1) is 11.1. The predicted molar refractivity (Wildman–Crippen MR) is 54.8 cm³/mol. The van der Waals surface area contributed by atoms with E-state index in [2.05, 4.69) is 5.16 Å². The molecule has 88 valence electrons. The minimum Gasteiger partial charge on any atom is -0.461 e. The number of carbonyl (C=O) groups excluding carboxylic acids is 1. The second-order valence-corrected chi connectivity index (χ2v) is 4.22. The van der Waals surface area contributed by atoms with Gasteiger partial charge in [-0.1, -0.05) is 5.16 Å². The smallest absolute Gasteiger partial charge is 0.360 e. The van der Waals surface area contributed by atoms with Crippen LogP contribution in [0.1, 0.15) is 42.9 Å². The van der Waals surface area contributed by atoms with Gasteiger partial charge in [0.15, 0.2) is 11.5 Å². The third-order valence-corrected chi connectivity index (χ3v) is 2.87. The maximum Gasteiger partial charge on any atom is 0.360 e. The Morgan fingerprint density at radius 1 is 1.75 bits per heavy atom. The standard InChI is InChI=1S/C11H15NO4/c1-3-15-10(13)8-6-9(16-12-8)11(2,14)7-4-5-7/h6-7,14H,3-5H2,1-2H3/t11-/m1/s1. The topological polar surface area (TPSA) is 72.6 Å². The molecule has 1 heterocycles. The molecule has 0 unspecified atom stereocenters. The first-order valence-corrected chi connectivity index (χ1v) is 5.42. The van der Waals surface area contributed by atoms with Crippen molar-refractivity contribution >= 4 is 5.97 Å². The van der Waals surface area contributed by atoms with Crippen molar-refractivity contribution in [3.05, 3.63) is 17.5 Å². The Hall–Kier alpha value is -1.36. The molecular weight excluding hydrogens is 210 g/mol. The van der Waals surface area contributed by atoms with E-state index < -0.39 is 11.6 Å². The van der Waals surface area contributed by atoms with Crippen LogP contribution in [0.5, 0.6) is 0 Å². The molecule has 0 amide bonds. The van der Waals surface area contributed by atoms with Crippen LogP contribution in [0.4, 0.5) is 0 Å². The third-order valence-electron chi connectivity index (χ3n) is 2.87. The summed E-state index contributed by atoms with van der Waals surface area (Å²) in [6.45, 7) is 3.69. The van der Waals surface area contributed by atoms with Crippen molar-refractivity contribution < 1.29 is 19.2 Å². The van der Waals surface area contributed by atoms with Gasteiger partial charge in [-0.2, -0.15) is 0 Å². The number of ether oxygens (including phenoxy) is 1. The predicted octanol–water partition coefficient (Wildman–Crippen LogP) is 1.47. The van der Waals surface area contributed by atoms with Gasteiger partial charge in [-0.05, 0) is 32.6 Å². The Morgan fingerprint density at radius 2 is 2.44 bits per heavy atom. The molecular formula is C11H15NO4. The molecule has 1 aliphatic carbocycles. The van der Waals surface area contributed by atoms with Gasteiger partial charge in [0, 0.05) is 6.07 Å². The molecule has 1 saturated carbocycles. The van der Waals surface area contributed by atoms with E-state index in [9.17, 15) is 9.90 Å². The average Bonchev–Trinajstić information content (AvgIpc) is 2.96. The largest absolute Gasteiger partial charge is 0.461 e. The molecule has 0 aliphatic heterocycles. The maximum atomic E-state index is 11.3. The molecule has 2 rings (SSSR count). The summed E-state index contributed by atoms with van der Waals surface area (Å²) in [4.78, 5) is 11.3. The lowest BCUT2D eigenvalue weighted by Crippen LogP contribution is -2.22. The number of nitrogens with zero attached hydrogens (tertiary/aromatic N) is 1.